The van der Waals surface area contributed by atoms with E-state index >= 15 is 0 Å². The molecule has 23 nitrogen and oxygen atoms in total. The molecule has 0 aliphatic carbocycles. The van der Waals surface area contributed by atoms with Gasteiger partial charge in [0.1, 0.15) is 45.6 Å². The molecule has 2 aliphatic rings. The number of ether oxygens (including phenoxy) is 2. The van der Waals surface area contributed by atoms with Crippen LogP contribution in [0.5, 0.6) is 11.5 Å². The predicted molar refractivity (Wildman–Crippen MR) is 264 cm³/mol. The van der Waals surface area contributed by atoms with Crippen molar-refractivity contribution in [3.05, 3.63) is 94.1 Å². The van der Waals surface area contributed by atoms with Crippen LogP contribution in [0.3, 0.4) is 0 Å². The molecule has 1 saturated heterocycles. The van der Waals surface area contributed by atoms with Crippen molar-refractivity contribution >= 4 is 57.6 Å². The predicted octanol–water partition coefficient (Wildman–Crippen LogP) is 3.75. The number of hydrogen-bond donors (Lipinski definition) is 5. The second kappa shape index (κ2) is 20.6. The van der Waals surface area contributed by atoms with Crippen LogP contribution in [-0.4, -0.2) is 122 Å². The van der Waals surface area contributed by atoms with Gasteiger partial charge in [-0.15, -0.1) is 10.2 Å². The molecule has 5 aromatic heterocycles. The molecule has 0 atom stereocenters. The number of methoxy groups -OCH3 is 1. The minimum absolute atomic E-state index is 0.164. The Hall–Kier alpha value is -7.92. The lowest BCUT2D eigenvalue weighted by atomic mass is 9.95. The monoisotopic (exact) mass is 969 g/mol. The number of likely N-dealkylation sites (tertiary alicyclic amines) is 1. The van der Waals surface area contributed by atoms with E-state index in [1.807, 2.05) is 39.8 Å². The number of nitrogens with zero attached hydrogens (tertiary/aromatic N) is 12. The molecule has 2 aliphatic heterocycles. The lowest BCUT2D eigenvalue weighted by molar-refractivity contribution is 0.0991. The van der Waals surface area contributed by atoms with Crippen LogP contribution in [-0.2, 0) is 39.3 Å². The zero-order valence-electron chi connectivity index (χ0n) is 40.6. The molecule has 23 heteroatoms. The molecule has 372 valence electrons. The van der Waals surface area contributed by atoms with Gasteiger partial charge in [0.25, 0.3) is 11.8 Å². The number of hydrogen-bond acceptors (Lipinski definition) is 14. The highest BCUT2D eigenvalue weighted by Crippen LogP contribution is 2.34. The number of allylic oxidation sites excluding steroid dienone is 2. The van der Waals surface area contributed by atoms with Crippen LogP contribution >= 0.6 is 0 Å². The molecule has 0 spiro atoms. The second-order valence-corrected chi connectivity index (χ2v) is 17.7. The number of benzene rings is 2. The van der Waals surface area contributed by atoms with Crippen molar-refractivity contribution in [1.29, 1.82) is 0 Å². The number of carbonyl (C=O) groups is 4. The van der Waals surface area contributed by atoms with Crippen LogP contribution in [0.25, 0.3) is 22.1 Å². The van der Waals surface area contributed by atoms with Crippen molar-refractivity contribution in [2.75, 3.05) is 50.5 Å². The Labute approximate surface area is 408 Å². The molecule has 1 fully saturated rings. The molecule has 7 N–H and O–H groups in total. The van der Waals surface area contributed by atoms with E-state index in [0.29, 0.717) is 88.4 Å². The summed E-state index contributed by atoms with van der Waals surface area (Å²) in [5, 5.41) is 27.2. The molecule has 9 rings (SSSR count). The quantitative estimate of drug-likeness (QED) is 0.0571. The number of primary amides is 2. The number of carbonyl (C=O) groups excluding carboxylic acids is 4. The van der Waals surface area contributed by atoms with E-state index < -0.39 is 23.6 Å². The van der Waals surface area contributed by atoms with E-state index in [1.54, 1.807) is 48.8 Å². The van der Waals surface area contributed by atoms with E-state index in [0.717, 1.165) is 63.8 Å². The summed E-state index contributed by atoms with van der Waals surface area (Å²) in [6, 6.07) is 9.67. The zero-order chi connectivity index (χ0) is 49.9. The van der Waals surface area contributed by atoms with Gasteiger partial charge in [-0.1, -0.05) is 12.2 Å². The molecule has 0 radical (unpaired) electrons. The SMILES string of the molecule is CCn1nc(C)cc1C(=O)Nc1nc2cc(C(N)=O)cc(OC)c2n1C/C=C/Cn1c(NC(=O)c2cc(C)nn2CC)nc2cc(C(N)=O)cc(OCCCN3CCC(c4nnc5n4CCNC5)CC3)c21. The fourth-order valence-electron chi connectivity index (χ4n) is 9.49. The summed E-state index contributed by atoms with van der Waals surface area (Å²) in [5.74, 6) is 1.35. The molecule has 4 amide bonds. The minimum Gasteiger partial charge on any atom is -0.494 e. The second-order valence-electron chi connectivity index (χ2n) is 17.7. The Morgan fingerprint density at radius 2 is 1.31 bits per heavy atom. The highest BCUT2D eigenvalue weighted by Gasteiger charge is 2.28. The van der Waals surface area contributed by atoms with Crippen LogP contribution in [0.4, 0.5) is 11.9 Å². The number of aromatic nitrogens is 11. The number of amides is 4. The van der Waals surface area contributed by atoms with Crippen molar-refractivity contribution in [3.63, 3.8) is 0 Å². The van der Waals surface area contributed by atoms with Gasteiger partial charge in [0.2, 0.25) is 23.7 Å². The maximum Gasteiger partial charge on any atom is 0.276 e. The summed E-state index contributed by atoms with van der Waals surface area (Å²) in [7, 11) is 1.47. The van der Waals surface area contributed by atoms with Crippen LogP contribution in [0.15, 0.2) is 48.6 Å². The molecule has 71 heavy (non-hydrogen) atoms. The first-order valence-electron chi connectivity index (χ1n) is 23.9. The first kappa shape index (κ1) is 48.1. The van der Waals surface area contributed by atoms with Gasteiger partial charge in [-0.05, 0) is 96.4 Å². The van der Waals surface area contributed by atoms with E-state index in [-0.39, 0.29) is 36.1 Å². The molecule has 0 unspecified atom stereocenters. The zero-order valence-corrected chi connectivity index (χ0v) is 40.6. The number of imidazole rings is 2. The smallest absolute Gasteiger partial charge is 0.276 e. The van der Waals surface area contributed by atoms with Gasteiger partial charge in [-0.3, -0.25) is 39.2 Å². The largest absolute Gasteiger partial charge is 0.494 e. The number of anilines is 2. The highest BCUT2D eigenvalue weighted by molar-refractivity contribution is 6.05. The van der Waals surface area contributed by atoms with Gasteiger partial charge in [0.05, 0.1) is 42.7 Å². The average Bonchev–Trinajstić information content (AvgIpc) is 4.20. The molecular weight excluding hydrogens is 911 g/mol. The Morgan fingerprint density at radius 3 is 1.85 bits per heavy atom. The first-order valence-corrected chi connectivity index (χ1v) is 23.9. The summed E-state index contributed by atoms with van der Waals surface area (Å²) in [6.45, 7) is 14.2. The maximum absolute atomic E-state index is 14.0. The third-order valence-corrected chi connectivity index (χ3v) is 12.9. The first-order chi connectivity index (χ1) is 34.3. The standard InChI is InChI=1S/C48H59N17O6/c1-6-64-35(21-28(3)58-64)45(68)54-47-52-33-23-31(42(49)66)25-37(70-5)40(33)62(47)15-8-9-16-63-41-34(53-48(63)55-46(69)36-22-29(4)59-65(36)7-2)24-32(43(50)67)26-38(41)71-20-10-14-60-17-11-30(12-18-60)44-57-56-39-27-51-13-19-61(39)44/h8-9,21-26,30,51H,6-7,10-20,27H2,1-5H3,(H2,49,66)(H2,50,67)(H,52,54,68)(H,53,55,69)/b9-8+. The van der Waals surface area contributed by atoms with E-state index in [1.165, 1.54) is 13.2 Å². The summed E-state index contributed by atoms with van der Waals surface area (Å²) in [4.78, 5) is 64.8. The van der Waals surface area contributed by atoms with Crippen molar-refractivity contribution in [3.8, 4) is 11.5 Å². The Morgan fingerprint density at radius 1 is 0.761 bits per heavy atom. The number of rotatable bonds is 19. The van der Waals surface area contributed by atoms with Crippen LogP contribution < -0.4 is 36.9 Å². The maximum atomic E-state index is 14.0. The van der Waals surface area contributed by atoms with E-state index in [9.17, 15) is 19.2 Å². The van der Waals surface area contributed by atoms with E-state index in [2.05, 4.69) is 45.8 Å². The Kier molecular flexibility index (Phi) is 13.9. The number of fused-ring (bicyclic) bond motifs is 3. The van der Waals surface area contributed by atoms with Crippen molar-refractivity contribution < 1.29 is 28.7 Å². The molecular formula is C48H59N17O6. The summed E-state index contributed by atoms with van der Waals surface area (Å²) < 4.78 is 21.3. The summed E-state index contributed by atoms with van der Waals surface area (Å²) in [6.07, 6.45) is 6.43. The third kappa shape index (κ3) is 9.95. The molecule has 7 aromatic rings. The van der Waals surface area contributed by atoms with E-state index in [4.69, 9.17) is 30.9 Å². The normalized spacial score (nSPS) is 14.4. The highest BCUT2D eigenvalue weighted by atomic mass is 16.5. The topological polar surface area (TPSA) is 280 Å². The molecule has 7 heterocycles. The van der Waals surface area contributed by atoms with Crippen LogP contribution in [0.1, 0.15) is 104 Å². The van der Waals surface area contributed by atoms with Crippen LogP contribution in [0.2, 0.25) is 0 Å². The number of nitrogens with one attached hydrogen (secondary N) is 3. The van der Waals surface area contributed by atoms with Gasteiger partial charge in [-0.2, -0.15) is 10.2 Å². The number of piperidine rings is 1. The Balaban J connectivity index is 0.995. The average molecular weight is 970 g/mol. The van der Waals surface area contributed by atoms with Gasteiger partial charge in [0, 0.05) is 62.9 Å². The molecule has 0 bridgehead atoms. The van der Waals surface area contributed by atoms with Crippen molar-refractivity contribution in [2.45, 2.75) is 92.1 Å². The fourth-order valence-corrected chi connectivity index (χ4v) is 9.49. The van der Waals surface area contributed by atoms with Gasteiger partial charge in [0.15, 0.2) is 0 Å². The lowest BCUT2D eigenvalue weighted by Gasteiger charge is -2.32. The summed E-state index contributed by atoms with van der Waals surface area (Å²) in [5.41, 5.74) is 15.8. The molecule has 0 saturated carbocycles. The molecule has 2 aromatic carbocycles. The van der Waals surface area contributed by atoms with Gasteiger partial charge in [-0.25, -0.2) is 9.97 Å². The number of aryl methyl sites for hydroxylation is 4. The van der Waals surface area contributed by atoms with Gasteiger partial charge >= 0.3 is 0 Å². The lowest BCUT2D eigenvalue weighted by Crippen LogP contribution is -2.36. The number of nitrogens with two attached hydrogens (primary N) is 2. The fraction of sp³-hybridized carbons (Fsp3) is 0.417. The van der Waals surface area contributed by atoms with Crippen molar-refractivity contribution in [1.82, 2.24) is 63.6 Å². The Bertz CT molecular complexity index is 3180. The van der Waals surface area contributed by atoms with Gasteiger partial charge < -0.3 is 44.9 Å². The minimum atomic E-state index is -0.667. The summed E-state index contributed by atoms with van der Waals surface area (Å²) >= 11 is 0. The third-order valence-electron chi connectivity index (χ3n) is 12.9. The van der Waals surface area contributed by atoms with Crippen LogP contribution in [0, 0.1) is 13.8 Å². The van der Waals surface area contributed by atoms with Crippen molar-refractivity contribution in [2.24, 2.45) is 11.5 Å².